The summed E-state index contributed by atoms with van der Waals surface area (Å²) in [6.07, 6.45) is 2.63. The van der Waals surface area contributed by atoms with E-state index in [1.165, 1.54) is 29.1 Å². The number of carbonyl (C=O) groups is 1. The number of thioether (sulfide) groups is 1. The molecule has 0 saturated carbocycles. The van der Waals surface area contributed by atoms with E-state index in [2.05, 4.69) is 39.5 Å². The number of nitrogens with one attached hydrogen (secondary N) is 1. The first-order valence-electron chi connectivity index (χ1n) is 10.9. The van der Waals surface area contributed by atoms with Crippen LogP contribution in [0, 0.1) is 5.82 Å². The Hall–Kier alpha value is -1.81. The fourth-order valence-electron chi connectivity index (χ4n) is 4.38. The minimum Gasteiger partial charge on any atom is -0.355 e. The maximum absolute atomic E-state index is 13.8. The van der Waals surface area contributed by atoms with Crippen LogP contribution < -0.4 is 10.2 Å². The maximum Gasteiger partial charge on any atom is 0.222 e. The lowest BCUT2D eigenvalue weighted by molar-refractivity contribution is -0.127. The lowest BCUT2D eigenvalue weighted by Gasteiger charge is -2.23. The summed E-state index contributed by atoms with van der Waals surface area (Å²) in [6.45, 7) is 3.25. The molecule has 8 heteroatoms. The predicted molar refractivity (Wildman–Crippen MR) is 141 cm³/mol. The maximum atomic E-state index is 13.8. The average Bonchev–Trinajstić information content (AvgIpc) is 3.37. The molecule has 0 aromatic heterocycles. The Kier molecular flexibility index (Phi) is 9.22. The Balaban J connectivity index is 0.00000289. The molecule has 1 fully saturated rings. The number of guanidine groups is 1. The quantitative estimate of drug-likeness (QED) is 0.173. The second-order valence-corrected chi connectivity index (χ2v) is 9.03. The standard InChI is InChI=1S/C24H29FN4OS.HI/c1-26-24(27-13-16-31-22-10-5-3-8-20(22)25)29-17-18(19-7-2-4-9-21(19)29)12-15-28-14-6-11-23(28)30;/h2-5,7-10,18H,6,11-17H2,1H3,(H,26,27);1H. The van der Waals surface area contributed by atoms with Gasteiger partial charge in [0, 0.05) is 61.9 Å². The van der Waals surface area contributed by atoms with Crippen LogP contribution in [0.3, 0.4) is 0 Å². The third-order valence-corrected chi connectivity index (χ3v) is 6.99. The molecule has 1 saturated heterocycles. The number of likely N-dealkylation sites (tertiary alicyclic amines) is 1. The van der Waals surface area contributed by atoms with E-state index in [0.29, 0.717) is 23.8 Å². The Bertz CT molecular complexity index is 957. The molecule has 1 amide bonds. The van der Waals surface area contributed by atoms with E-state index in [0.717, 1.165) is 44.2 Å². The molecule has 2 aromatic carbocycles. The smallest absolute Gasteiger partial charge is 0.222 e. The van der Waals surface area contributed by atoms with Crippen LogP contribution in [0.5, 0.6) is 0 Å². The first-order chi connectivity index (χ1) is 15.2. The molecule has 5 nitrogen and oxygen atoms in total. The number of anilines is 1. The van der Waals surface area contributed by atoms with Gasteiger partial charge in [-0.1, -0.05) is 30.3 Å². The van der Waals surface area contributed by atoms with Crippen LogP contribution in [-0.4, -0.2) is 55.7 Å². The zero-order valence-corrected chi connectivity index (χ0v) is 21.4. The zero-order chi connectivity index (χ0) is 21.6. The van der Waals surface area contributed by atoms with E-state index in [1.807, 2.05) is 11.0 Å². The van der Waals surface area contributed by atoms with Crippen molar-refractivity contribution in [3.8, 4) is 0 Å². The number of hydrogen-bond acceptors (Lipinski definition) is 3. The summed E-state index contributed by atoms with van der Waals surface area (Å²) in [5, 5.41) is 3.43. The Morgan fingerprint density at radius 2 is 2.00 bits per heavy atom. The van der Waals surface area contributed by atoms with Gasteiger partial charge in [-0.25, -0.2) is 4.39 Å². The number of amides is 1. The molecule has 0 aliphatic carbocycles. The van der Waals surface area contributed by atoms with E-state index in [9.17, 15) is 9.18 Å². The fourth-order valence-corrected chi connectivity index (χ4v) is 5.18. The summed E-state index contributed by atoms with van der Waals surface area (Å²) in [6, 6.07) is 15.3. The van der Waals surface area contributed by atoms with Crippen LogP contribution in [-0.2, 0) is 4.79 Å². The number of carbonyl (C=O) groups excluding carboxylic acids is 1. The van der Waals surface area contributed by atoms with Crippen molar-refractivity contribution in [1.82, 2.24) is 10.2 Å². The Labute approximate surface area is 210 Å². The van der Waals surface area contributed by atoms with E-state index in [4.69, 9.17) is 0 Å². The number of fused-ring (bicyclic) bond motifs is 1. The molecule has 172 valence electrons. The second kappa shape index (κ2) is 11.9. The highest BCUT2D eigenvalue weighted by Crippen LogP contribution is 2.38. The van der Waals surface area contributed by atoms with Crippen LogP contribution in [0.15, 0.2) is 58.4 Å². The minimum atomic E-state index is -0.176. The van der Waals surface area contributed by atoms with E-state index >= 15 is 0 Å². The number of aliphatic imine (C=N–C) groups is 1. The monoisotopic (exact) mass is 568 g/mol. The van der Waals surface area contributed by atoms with Crippen LogP contribution in [0.4, 0.5) is 10.1 Å². The predicted octanol–water partition coefficient (Wildman–Crippen LogP) is 4.73. The number of hydrogen-bond donors (Lipinski definition) is 1. The number of para-hydroxylation sites is 1. The summed E-state index contributed by atoms with van der Waals surface area (Å²) in [5.74, 6) is 2.06. The molecular weight excluding hydrogens is 538 g/mol. The largest absolute Gasteiger partial charge is 0.355 e. The molecule has 0 radical (unpaired) electrons. The summed E-state index contributed by atoms with van der Waals surface area (Å²) in [4.78, 5) is 21.4. The molecule has 4 rings (SSSR count). The Morgan fingerprint density at radius 3 is 2.75 bits per heavy atom. The molecule has 0 spiro atoms. The van der Waals surface area contributed by atoms with Gasteiger partial charge in [-0.3, -0.25) is 9.79 Å². The molecule has 2 heterocycles. The molecule has 2 aliphatic heterocycles. The average molecular weight is 569 g/mol. The lowest BCUT2D eigenvalue weighted by Crippen LogP contribution is -2.42. The Morgan fingerprint density at radius 1 is 1.22 bits per heavy atom. The van der Waals surface area contributed by atoms with Gasteiger partial charge in [-0.2, -0.15) is 0 Å². The van der Waals surface area contributed by atoms with Gasteiger partial charge in [-0.05, 0) is 36.6 Å². The van der Waals surface area contributed by atoms with Crippen molar-refractivity contribution in [2.75, 3.05) is 43.9 Å². The number of nitrogens with zero attached hydrogens (tertiary/aromatic N) is 3. The van der Waals surface area contributed by atoms with E-state index in [1.54, 1.807) is 19.2 Å². The number of benzene rings is 2. The van der Waals surface area contributed by atoms with Gasteiger partial charge in [0.2, 0.25) is 5.91 Å². The molecule has 2 aromatic rings. The lowest BCUT2D eigenvalue weighted by atomic mass is 9.98. The normalized spacial score (nSPS) is 18.0. The highest BCUT2D eigenvalue weighted by atomic mass is 127. The summed E-state index contributed by atoms with van der Waals surface area (Å²) >= 11 is 1.50. The highest BCUT2D eigenvalue weighted by Gasteiger charge is 2.32. The topological polar surface area (TPSA) is 47.9 Å². The van der Waals surface area contributed by atoms with Gasteiger partial charge in [0.15, 0.2) is 5.96 Å². The van der Waals surface area contributed by atoms with Gasteiger partial charge >= 0.3 is 0 Å². The van der Waals surface area contributed by atoms with Crippen molar-refractivity contribution in [1.29, 1.82) is 0 Å². The van der Waals surface area contributed by atoms with Crippen molar-refractivity contribution in [3.05, 3.63) is 59.9 Å². The van der Waals surface area contributed by atoms with Crippen LogP contribution in [0.2, 0.25) is 0 Å². The highest BCUT2D eigenvalue weighted by molar-refractivity contribution is 14.0. The number of halogens is 2. The zero-order valence-electron chi connectivity index (χ0n) is 18.3. The number of rotatable bonds is 7. The molecular formula is C24H30FIN4OS. The third kappa shape index (κ3) is 5.75. The summed E-state index contributed by atoms with van der Waals surface area (Å²) in [5.41, 5.74) is 2.49. The van der Waals surface area contributed by atoms with Crippen LogP contribution in [0.25, 0.3) is 0 Å². The first kappa shape index (κ1) is 24.8. The molecule has 1 N–H and O–H groups in total. The van der Waals surface area contributed by atoms with Gasteiger partial charge < -0.3 is 15.1 Å². The molecule has 32 heavy (non-hydrogen) atoms. The first-order valence-corrected chi connectivity index (χ1v) is 11.9. The minimum absolute atomic E-state index is 0. The second-order valence-electron chi connectivity index (χ2n) is 7.89. The van der Waals surface area contributed by atoms with Crippen molar-refractivity contribution in [3.63, 3.8) is 0 Å². The SMILES string of the molecule is CN=C(NCCSc1ccccc1F)N1CC(CCN2CCCC2=O)c2ccccc21.I. The van der Waals surface area contributed by atoms with Gasteiger partial charge in [0.05, 0.1) is 0 Å². The van der Waals surface area contributed by atoms with Gasteiger partial charge in [0.1, 0.15) is 5.82 Å². The third-order valence-electron chi connectivity index (χ3n) is 5.94. The van der Waals surface area contributed by atoms with Gasteiger partial charge in [-0.15, -0.1) is 35.7 Å². The summed E-state index contributed by atoms with van der Waals surface area (Å²) in [7, 11) is 1.80. The summed E-state index contributed by atoms with van der Waals surface area (Å²) < 4.78 is 13.8. The van der Waals surface area contributed by atoms with Crippen LogP contribution >= 0.6 is 35.7 Å². The van der Waals surface area contributed by atoms with Crippen LogP contribution in [0.1, 0.15) is 30.7 Å². The molecule has 2 aliphatic rings. The molecule has 1 unspecified atom stereocenters. The van der Waals surface area contributed by atoms with Crippen molar-refractivity contribution >= 4 is 53.3 Å². The van der Waals surface area contributed by atoms with Crippen molar-refractivity contribution in [2.24, 2.45) is 4.99 Å². The van der Waals surface area contributed by atoms with Crippen molar-refractivity contribution in [2.45, 2.75) is 30.1 Å². The van der Waals surface area contributed by atoms with E-state index < -0.39 is 0 Å². The van der Waals surface area contributed by atoms with Crippen molar-refractivity contribution < 1.29 is 9.18 Å². The molecule has 1 atom stereocenters. The molecule has 0 bridgehead atoms. The van der Waals surface area contributed by atoms with Gasteiger partial charge in [0.25, 0.3) is 0 Å². The van der Waals surface area contributed by atoms with E-state index in [-0.39, 0.29) is 35.7 Å². The fraction of sp³-hybridized carbons (Fsp3) is 0.417.